The summed E-state index contributed by atoms with van der Waals surface area (Å²) in [7, 11) is 0. The molecule has 1 N–H and O–H groups in total. The zero-order valence-corrected chi connectivity index (χ0v) is 15.3. The molecule has 2 aliphatic carbocycles. The summed E-state index contributed by atoms with van der Waals surface area (Å²) in [5.41, 5.74) is 0.759. The maximum atomic E-state index is 12.9. The van der Waals surface area contributed by atoms with Crippen LogP contribution in [0.4, 0.5) is 0 Å². The molecule has 2 saturated carbocycles. The van der Waals surface area contributed by atoms with Crippen LogP contribution in [0.25, 0.3) is 0 Å². The molecule has 6 nitrogen and oxygen atoms in total. The molecule has 0 bridgehead atoms. The second kappa shape index (κ2) is 7.33. The smallest absolute Gasteiger partial charge is 0.257 e. The molecule has 3 fully saturated rings. The van der Waals surface area contributed by atoms with Crippen LogP contribution in [0.5, 0.6) is 0 Å². The lowest BCUT2D eigenvalue weighted by Crippen LogP contribution is -2.35. The van der Waals surface area contributed by atoms with E-state index in [-0.39, 0.29) is 17.2 Å². The average molecular weight is 356 g/mol. The molecule has 1 spiro atoms. The lowest BCUT2D eigenvalue weighted by Gasteiger charge is -2.38. The van der Waals surface area contributed by atoms with Gasteiger partial charge in [0.15, 0.2) is 0 Å². The summed E-state index contributed by atoms with van der Waals surface area (Å²) < 4.78 is 0. The Balaban J connectivity index is 1.44. The van der Waals surface area contributed by atoms with Crippen molar-refractivity contribution in [3.05, 3.63) is 24.3 Å². The number of likely N-dealkylation sites (tertiary alicyclic amines) is 1. The lowest BCUT2D eigenvalue weighted by molar-refractivity contribution is -0.121. The maximum Gasteiger partial charge on any atom is 0.257 e. The first-order valence-corrected chi connectivity index (χ1v) is 10.00. The Labute approximate surface area is 154 Å². The average Bonchev–Trinajstić information content (AvgIpc) is 3.42. The minimum atomic E-state index is 0.0282. The summed E-state index contributed by atoms with van der Waals surface area (Å²) in [6, 6.07) is 0.422. The van der Waals surface area contributed by atoms with Crippen LogP contribution in [0.3, 0.4) is 0 Å². The third-order valence-corrected chi connectivity index (χ3v) is 6.42. The molecule has 0 aromatic carbocycles. The van der Waals surface area contributed by atoms with Crippen molar-refractivity contribution in [1.82, 2.24) is 20.2 Å². The maximum absolute atomic E-state index is 12.9. The zero-order chi connectivity index (χ0) is 18.0. The molecule has 3 aliphatic rings. The molecule has 2 amide bonds. The lowest BCUT2D eigenvalue weighted by atomic mass is 9.66. The first kappa shape index (κ1) is 17.4. The van der Waals surface area contributed by atoms with E-state index < -0.39 is 0 Å². The number of aromatic nitrogens is 2. The van der Waals surface area contributed by atoms with Crippen LogP contribution in [0.1, 0.15) is 68.1 Å². The fourth-order valence-corrected chi connectivity index (χ4v) is 4.83. The summed E-state index contributed by atoms with van der Waals surface area (Å²) in [5, 5.41) is 3.09. The van der Waals surface area contributed by atoms with Crippen LogP contribution in [0.2, 0.25) is 0 Å². The van der Waals surface area contributed by atoms with Gasteiger partial charge in [-0.3, -0.25) is 9.59 Å². The number of rotatable bonds is 5. The summed E-state index contributed by atoms with van der Waals surface area (Å²) >= 11 is 0. The van der Waals surface area contributed by atoms with Gasteiger partial charge in [0.05, 0.1) is 5.56 Å². The summed E-state index contributed by atoms with van der Waals surface area (Å²) in [4.78, 5) is 35.0. The molecular weight excluding hydrogens is 328 g/mol. The first-order valence-electron chi connectivity index (χ1n) is 10.00. The summed E-state index contributed by atoms with van der Waals surface area (Å²) in [6.07, 6.45) is 14.5. The molecule has 1 atom stereocenters. The molecule has 0 radical (unpaired) electrons. The molecule has 1 aromatic heterocycles. The number of hydrogen-bond donors (Lipinski definition) is 1. The number of amides is 2. The standard InChI is InChI=1S/C20H28N4O2/c25-18(23-17-5-6-17)7-4-16-12-24(13-20(16)8-2-1-3-9-20)19(26)15-10-21-14-22-11-15/h10-11,14,16-17H,1-9,12-13H2,(H,23,25). The van der Waals surface area contributed by atoms with Gasteiger partial charge in [0.25, 0.3) is 5.91 Å². The molecule has 1 saturated heterocycles. The fraction of sp³-hybridized carbons (Fsp3) is 0.700. The second-order valence-electron chi connectivity index (χ2n) is 8.31. The van der Waals surface area contributed by atoms with Gasteiger partial charge in [-0.2, -0.15) is 0 Å². The van der Waals surface area contributed by atoms with E-state index in [1.165, 1.54) is 38.4 Å². The van der Waals surface area contributed by atoms with Gasteiger partial charge < -0.3 is 10.2 Å². The Morgan fingerprint density at radius 3 is 2.58 bits per heavy atom. The predicted molar refractivity (Wildman–Crippen MR) is 97.3 cm³/mol. The number of carbonyl (C=O) groups excluding carboxylic acids is 2. The van der Waals surface area contributed by atoms with Crippen LogP contribution in [-0.2, 0) is 4.79 Å². The Morgan fingerprint density at radius 1 is 1.15 bits per heavy atom. The number of nitrogens with zero attached hydrogens (tertiary/aromatic N) is 3. The highest BCUT2D eigenvalue weighted by Gasteiger charge is 2.48. The van der Waals surface area contributed by atoms with Gasteiger partial charge >= 0.3 is 0 Å². The molecular formula is C20H28N4O2. The highest BCUT2D eigenvalue weighted by Crippen LogP contribution is 2.49. The Hall–Kier alpha value is -1.98. The van der Waals surface area contributed by atoms with Crippen molar-refractivity contribution in [2.24, 2.45) is 11.3 Å². The molecule has 4 rings (SSSR count). The van der Waals surface area contributed by atoms with E-state index in [0.717, 1.165) is 32.4 Å². The van der Waals surface area contributed by atoms with Crippen molar-refractivity contribution >= 4 is 11.8 Å². The van der Waals surface area contributed by atoms with E-state index in [0.29, 0.717) is 23.9 Å². The Morgan fingerprint density at radius 2 is 1.88 bits per heavy atom. The van der Waals surface area contributed by atoms with Gasteiger partial charge in [-0.1, -0.05) is 19.3 Å². The van der Waals surface area contributed by atoms with Gasteiger partial charge in [0, 0.05) is 37.9 Å². The largest absolute Gasteiger partial charge is 0.353 e. The van der Waals surface area contributed by atoms with Crippen molar-refractivity contribution in [2.75, 3.05) is 13.1 Å². The highest BCUT2D eigenvalue weighted by molar-refractivity contribution is 5.93. The highest BCUT2D eigenvalue weighted by atomic mass is 16.2. The van der Waals surface area contributed by atoms with Gasteiger partial charge in [0.1, 0.15) is 6.33 Å². The fourth-order valence-electron chi connectivity index (χ4n) is 4.83. The SMILES string of the molecule is O=C(CCC1CN(C(=O)c2cncnc2)CC12CCCCC2)NC1CC1. The van der Waals surface area contributed by atoms with Crippen LogP contribution in [0.15, 0.2) is 18.7 Å². The van der Waals surface area contributed by atoms with Crippen LogP contribution >= 0.6 is 0 Å². The van der Waals surface area contributed by atoms with Crippen LogP contribution in [-0.4, -0.2) is 45.8 Å². The molecule has 6 heteroatoms. The topological polar surface area (TPSA) is 75.2 Å². The third-order valence-electron chi connectivity index (χ3n) is 6.42. The van der Waals surface area contributed by atoms with Crippen molar-refractivity contribution in [3.63, 3.8) is 0 Å². The summed E-state index contributed by atoms with van der Waals surface area (Å²) in [5.74, 6) is 0.626. The van der Waals surface area contributed by atoms with Gasteiger partial charge in [-0.25, -0.2) is 9.97 Å². The van der Waals surface area contributed by atoms with E-state index in [1.54, 1.807) is 12.4 Å². The van der Waals surface area contributed by atoms with E-state index in [1.807, 2.05) is 4.90 Å². The van der Waals surface area contributed by atoms with Gasteiger partial charge in [-0.05, 0) is 43.4 Å². The predicted octanol–water partition coefficient (Wildman–Crippen LogP) is 2.56. The Kier molecular flexibility index (Phi) is 4.92. The number of nitrogens with one attached hydrogen (secondary N) is 1. The van der Waals surface area contributed by atoms with Gasteiger partial charge in [0.2, 0.25) is 5.91 Å². The molecule has 26 heavy (non-hydrogen) atoms. The van der Waals surface area contributed by atoms with E-state index in [9.17, 15) is 9.59 Å². The van der Waals surface area contributed by atoms with Crippen LogP contribution in [0, 0.1) is 11.3 Å². The zero-order valence-electron chi connectivity index (χ0n) is 15.3. The molecule has 1 aromatic rings. The number of carbonyl (C=O) groups is 2. The third kappa shape index (κ3) is 3.74. The van der Waals surface area contributed by atoms with E-state index >= 15 is 0 Å². The number of hydrogen-bond acceptors (Lipinski definition) is 4. The van der Waals surface area contributed by atoms with Crippen molar-refractivity contribution < 1.29 is 9.59 Å². The first-order chi connectivity index (χ1) is 12.7. The molecule has 140 valence electrons. The van der Waals surface area contributed by atoms with E-state index in [2.05, 4.69) is 15.3 Å². The molecule has 1 aliphatic heterocycles. The quantitative estimate of drug-likeness (QED) is 0.880. The molecule has 2 heterocycles. The second-order valence-corrected chi connectivity index (χ2v) is 8.31. The van der Waals surface area contributed by atoms with Crippen LogP contribution < -0.4 is 5.32 Å². The van der Waals surface area contributed by atoms with Crippen molar-refractivity contribution in [1.29, 1.82) is 0 Å². The monoisotopic (exact) mass is 356 g/mol. The van der Waals surface area contributed by atoms with Gasteiger partial charge in [-0.15, -0.1) is 0 Å². The van der Waals surface area contributed by atoms with E-state index in [4.69, 9.17) is 0 Å². The van der Waals surface area contributed by atoms with Crippen molar-refractivity contribution in [2.45, 2.75) is 63.8 Å². The molecule has 1 unspecified atom stereocenters. The normalized spacial score (nSPS) is 24.6. The minimum Gasteiger partial charge on any atom is -0.353 e. The minimum absolute atomic E-state index is 0.0282. The van der Waals surface area contributed by atoms with Crippen molar-refractivity contribution in [3.8, 4) is 0 Å². The summed E-state index contributed by atoms with van der Waals surface area (Å²) in [6.45, 7) is 1.57. The Bertz CT molecular complexity index is 653.